The van der Waals surface area contributed by atoms with E-state index in [-0.39, 0.29) is 29.5 Å². The van der Waals surface area contributed by atoms with E-state index in [1.54, 1.807) is 43.0 Å². The molecule has 0 aliphatic carbocycles. The average Bonchev–Trinajstić information content (AvgIpc) is 3.23. The smallest absolute Gasteiger partial charge is 0.362 e. The van der Waals surface area contributed by atoms with Crippen molar-refractivity contribution in [3.63, 3.8) is 0 Å². The largest absolute Gasteiger partial charge is 0.410 e. The van der Waals surface area contributed by atoms with Crippen molar-refractivity contribution >= 4 is 39.3 Å². The molecule has 34 heavy (non-hydrogen) atoms. The van der Waals surface area contributed by atoms with E-state index < -0.39 is 24.2 Å². The molecule has 0 bridgehead atoms. The number of benzene rings is 1. The number of rotatable bonds is 4. The first-order valence-electron chi connectivity index (χ1n) is 10.5. The van der Waals surface area contributed by atoms with Crippen molar-refractivity contribution in [2.75, 3.05) is 12.4 Å². The van der Waals surface area contributed by atoms with Crippen LogP contribution in [0.2, 0.25) is 5.02 Å². The van der Waals surface area contributed by atoms with Crippen LogP contribution in [0.1, 0.15) is 51.5 Å². The number of aryl methyl sites for hydroxylation is 2. The number of hydrogen-bond donors (Lipinski definition) is 1. The van der Waals surface area contributed by atoms with Gasteiger partial charge in [0, 0.05) is 42.8 Å². The third kappa shape index (κ3) is 4.43. The van der Waals surface area contributed by atoms with Crippen molar-refractivity contribution < 1.29 is 18.0 Å². The number of aromatic nitrogens is 4. The Bertz CT molecular complexity index is 1240. The third-order valence-corrected chi connectivity index (χ3v) is 7.06. The summed E-state index contributed by atoms with van der Waals surface area (Å²) < 4.78 is 45.3. The summed E-state index contributed by atoms with van der Waals surface area (Å²) in [5, 5.41) is 11.3. The van der Waals surface area contributed by atoms with Crippen molar-refractivity contribution in [3.8, 4) is 0 Å². The maximum Gasteiger partial charge on any atom is 0.410 e. The van der Waals surface area contributed by atoms with Crippen molar-refractivity contribution in [1.82, 2.24) is 24.5 Å². The van der Waals surface area contributed by atoms with Crippen LogP contribution in [-0.2, 0) is 13.6 Å². The van der Waals surface area contributed by atoms with Gasteiger partial charge >= 0.3 is 6.18 Å². The van der Waals surface area contributed by atoms with Crippen LogP contribution in [0.5, 0.6) is 0 Å². The van der Waals surface area contributed by atoms with E-state index in [9.17, 15) is 18.0 Å². The van der Waals surface area contributed by atoms with Crippen molar-refractivity contribution in [3.05, 3.63) is 62.0 Å². The minimum atomic E-state index is -4.57. The second-order valence-corrected chi connectivity index (χ2v) is 9.73. The highest BCUT2D eigenvalue weighted by Gasteiger charge is 2.48. The highest BCUT2D eigenvalue weighted by atomic mass is 79.9. The van der Waals surface area contributed by atoms with Crippen LogP contribution >= 0.6 is 27.5 Å². The van der Waals surface area contributed by atoms with Crippen LogP contribution in [0.4, 0.5) is 19.0 Å². The molecule has 2 aromatic heterocycles. The number of halogens is 5. The van der Waals surface area contributed by atoms with Gasteiger partial charge in [-0.1, -0.05) is 39.7 Å². The van der Waals surface area contributed by atoms with E-state index in [1.165, 1.54) is 4.90 Å². The molecule has 3 aromatic rings. The van der Waals surface area contributed by atoms with Gasteiger partial charge in [0.25, 0.3) is 5.91 Å². The van der Waals surface area contributed by atoms with Crippen LogP contribution < -0.4 is 5.32 Å². The molecule has 1 aliphatic rings. The summed E-state index contributed by atoms with van der Waals surface area (Å²) in [6.45, 7) is 3.94. The lowest BCUT2D eigenvalue weighted by molar-refractivity contribution is -0.173. The molecular weight excluding hydrogens is 537 g/mol. The molecule has 4 rings (SSSR count). The van der Waals surface area contributed by atoms with Gasteiger partial charge in [0.15, 0.2) is 11.7 Å². The molecule has 1 N–H and O–H groups in total. The predicted molar refractivity (Wildman–Crippen MR) is 126 cm³/mol. The molecule has 1 aromatic carbocycles. The van der Waals surface area contributed by atoms with Gasteiger partial charge in [-0.25, -0.2) is 4.68 Å². The Hall–Kier alpha value is -2.53. The Morgan fingerprint density at radius 1 is 1.26 bits per heavy atom. The number of amides is 1. The van der Waals surface area contributed by atoms with Crippen LogP contribution in [0.25, 0.3) is 0 Å². The van der Waals surface area contributed by atoms with Gasteiger partial charge in [0.05, 0.1) is 11.7 Å². The van der Waals surface area contributed by atoms with E-state index in [4.69, 9.17) is 11.6 Å². The van der Waals surface area contributed by atoms with Gasteiger partial charge in [-0.15, -0.1) is 0 Å². The zero-order valence-corrected chi connectivity index (χ0v) is 21.3. The number of nitrogens with zero attached hydrogens (tertiary/aromatic N) is 5. The summed E-state index contributed by atoms with van der Waals surface area (Å²) >= 11 is 9.79. The first kappa shape index (κ1) is 24.6. The minimum Gasteiger partial charge on any atom is -0.362 e. The van der Waals surface area contributed by atoms with E-state index in [0.717, 1.165) is 26.1 Å². The molecule has 0 saturated heterocycles. The number of alkyl halides is 3. The first-order chi connectivity index (χ1) is 15.9. The molecule has 0 spiro atoms. The molecule has 0 fully saturated rings. The fourth-order valence-corrected chi connectivity index (χ4v) is 4.70. The predicted octanol–water partition coefficient (Wildman–Crippen LogP) is 5.58. The van der Waals surface area contributed by atoms with Gasteiger partial charge in [-0.05, 0) is 31.5 Å². The highest BCUT2D eigenvalue weighted by molar-refractivity contribution is 9.10. The van der Waals surface area contributed by atoms with Crippen molar-refractivity contribution in [2.24, 2.45) is 7.05 Å². The summed E-state index contributed by atoms with van der Waals surface area (Å²) in [6, 6.07) is 4.44. The number of hydrogen-bond acceptors (Lipinski definition) is 4. The van der Waals surface area contributed by atoms with Crippen molar-refractivity contribution in [2.45, 2.75) is 45.1 Å². The summed E-state index contributed by atoms with van der Waals surface area (Å²) in [5.41, 5.74) is 2.97. The summed E-state index contributed by atoms with van der Waals surface area (Å²) in [6.07, 6.45) is -4.86. The number of fused-ring (bicyclic) bond motifs is 1. The Balaban J connectivity index is 1.68. The number of anilines is 1. The quantitative estimate of drug-likeness (QED) is 0.453. The van der Waals surface area contributed by atoms with E-state index in [0.29, 0.717) is 5.56 Å². The number of carbonyl (C=O) groups excluding carboxylic acids is 1. The van der Waals surface area contributed by atoms with Gasteiger partial charge in [-0.3, -0.25) is 9.48 Å². The second kappa shape index (κ2) is 8.92. The molecular formula is C22H23BrClF3N6O. The van der Waals surface area contributed by atoms with Crippen LogP contribution in [0, 0.1) is 13.8 Å². The van der Waals surface area contributed by atoms with Gasteiger partial charge in [0.2, 0.25) is 0 Å². The first-order valence-corrected chi connectivity index (χ1v) is 11.7. The number of carbonyl (C=O) groups is 1. The summed E-state index contributed by atoms with van der Waals surface area (Å²) in [4.78, 5) is 14.6. The minimum absolute atomic E-state index is 0.0198. The highest BCUT2D eigenvalue weighted by Crippen LogP contribution is 2.46. The summed E-state index contributed by atoms with van der Waals surface area (Å²) in [5.74, 6) is -0.592. The lowest BCUT2D eigenvalue weighted by atomic mass is 9.97. The summed E-state index contributed by atoms with van der Waals surface area (Å²) in [7, 11) is 3.36. The maximum absolute atomic E-state index is 14.0. The fraction of sp³-hybridized carbons (Fsp3) is 0.409. The van der Waals surface area contributed by atoms with Crippen LogP contribution in [0.15, 0.2) is 28.7 Å². The standard InChI is InChI=1S/C22H23BrClF3N6O/c1-11-15(12(2)32(4)29-11)10-31(3)21(34)19-18(24)20-28-16(13-5-7-14(23)8-6-13)9-17(22(25,26)27)33(20)30-19/h5-8,16-17,28H,9-10H2,1-4H3/t16-,17+/m1/s1. The molecule has 7 nitrogen and oxygen atoms in total. The topological polar surface area (TPSA) is 68.0 Å². The molecule has 0 unspecified atom stereocenters. The molecule has 2 atom stereocenters. The molecule has 0 saturated carbocycles. The van der Waals surface area contributed by atoms with Gasteiger partial charge in [0.1, 0.15) is 10.8 Å². The normalized spacial score (nSPS) is 17.9. The van der Waals surface area contributed by atoms with Crippen LogP contribution in [-0.4, -0.2) is 43.6 Å². The monoisotopic (exact) mass is 558 g/mol. The molecule has 1 amide bonds. The molecule has 3 heterocycles. The molecule has 182 valence electrons. The number of nitrogens with one attached hydrogen (secondary N) is 1. The van der Waals surface area contributed by atoms with Crippen LogP contribution in [0.3, 0.4) is 0 Å². The zero-order chi connectivity index (χ0) is 24.9. The van der Waals surface area contributed by atoms with E-state index in [1.807, 2.05) is 13.8 Å². The second-order valence-electron chi connectivity index (χ2n) is 8.43. The maximum atomic E-state index is 14.0. The Labute approximate surface area is 208 Å². The molecule has 1 aliphatic heterocycles. The Kier molecular flexibility index (Phi) is 6.45. The lowest BCUT2D eigenvalue weighted by Crippen LogP contribution is -2.36. The SMILES string of the molecule is Cc1nn(C)c(C)c1CN(C)C(=O)c1nn2c(c1Cl)N[C@@H](c1ccc(Br)cc1)C[C@H]2C(F)(F)F. The molecule has 0 radical (unpaired) electrons. The zero-order valence-electron chi connectivity index (χ0n) is 18.9. The average molecular weight is 560 g/mol. The van der Waals surface area contributed by atoms with Gasteiger partial charge < -0.3 is 10.2 Å². The third-order valence-electron chi connectivity index (χ3n) is 6.17. The van der Waals surface area contributed by atoms with E-state index in [2.05, 4.69) is 31.4 Å². The van der Waals surface area contributed by atoms with E-state index >= 15 is 0 Å². The van der Waals surface area contributed by atoms with Crippen molar-refractivity contribution in [1.29, 1.82) is 0 Å². The Morgan fingerprint density at radius 3 is 2.47 bits per heavy atom. The fourth-order valence-electron chi connectivity index (χ4n) is 4.18. The lowest BCUT2D eigenvalue weighted by Gasteiger charge is -2.33. The molecule has 12 heteroatoms. The van der Waals surface area contributed by atoms with Gasteiger partial charge in [-0.2, -0.15) is 23.4 Å². The Morgan fingerprint density at radius 2 is 1.91 bits per heavy atom.